The van der Waals surface area contributed by atoms with Gasteiger partial charge in [-0.3, -0.25) is 9.59 Å². The lowest BCUT2D eigenvalue weighted by Crippen LogP contribution is -2.33. The third-order valence-corrected chi connectivity index (χ3v) is 5.50. The van der Waals surface area contributed by atoms with Gasteiger partial charge in [-0.1, -0.05) is 60.3 Å². The Morgan fingerprint density at radius 2 is 1.86 bits per heavy atom. The van der Waals surface area contributed by atoms with Gasteiger partial charge in [0, 0.05) is 16.5 Å². The van der Waals surface area contributed by atoms with Crippen molar-refractivity contribution >= 4 is 23.6 Å². The molecule has 29 heavy (non-hydrogen) atoms. The van der Waals surface area contributed by atoms with E-state index in [-0.39, 0.29) is 23.8 Å². The Balaban J connectivity index is 1.67. The quantitative estimate of drug-likeness (QED) is 0.405. The molecule has 2 aromatic carbocycles. The number of thioether (sulfide) groups is 1. The fraction of sp³-hybridized carbons (Fsp3) is 0.273. The highest BCUT2D eigenvalue weighted by Gasteiger charge is 2.34. The predicted molar refractivity (Wildman–Crippen MR) is 108 cm³/mol. The van der Waals surface area contributed by atoms with Crippen molar-refractivity contribution < 1.29 is 23.1 Å². The molecular weight excluding hydrogens is 396 g/mol. The summed E-state index contributed by atoms with van der Waals surface area (Å²) in [6, 6.07) is 15.3. The van der Waals surface area contributed by atoms with E-state index < -0.39 is 11.7 Å². The standard InChI is InChI=1S/C22H21F2NO3S/c1-28-21(27)19(14-6-3-2-4-7-14)15-10-11-17(12-15)25-20(26)16-8-5-9-18(13-16)29-22(23)24/h2-11,13,15,17,19,22H,12H2,1H3,(H,25,26). The van der Waals surface area contributed by atoms with E-state index in [1.165, 1.54) is 13.2 Å². The number of ether oxygens (including phenoxy) is 1. The number of nitrogens with one attached hydrogen (secondary N) is 1. The summed E-state index contributed by atoms with van der Waals surface area (Å²) < 4.78 is 30.1. The molecular formula is C22H21F2NO3S. The van der Waals surface area contributed by atoms with Crippen LogP contribution in [0, 0.1) is 5.92 Å². The number of amides is 1. The zero-order valence-corrected chi connectivity index (χ0v) is 16.6. The average molecular weight is 417 g/mol. The maximum absolute atomic E-state index is 12.5. The minimum atomic E-state index is -2.54. The first-order valence-corrected chi connectivity index (χ1v) is 10.0. The lowest BCUT2D eigenvalue weighted by molar-refractivity contribution is -0.143. The van der Waals surface area contributed by atoms with E-state index in [9.17, 15) is 18.4 Å². The van der Waals surface area contributed by atoms with E-state index in [0.717, 1.165) is 5.56 Å². The molecule has 2 aromatic rings. The Labute approximate surface area is 172 Å². The number of benzene rings is 2. The number of rotatable bonds is 7. The molecule has 0 saturated heterocycles. The smallest absolute Gasteiger partial charge is 0.313 e. The Bertz CT molecular complexity index is 889. The van der Waals surface area contributed by atoms with E-state index in [0.29, 0.717) is 28.6 Å². The molecule has 3 rings (SSSR count). The second-order valence-electron chi connectivity index (χ2n) is 6.68. The number of carbonyl (C=O) groups excluding carboxylic acids is 2. The molecule has 0 radical (unpaired) electrons. The van der Waals surface area contributed by atoms with E-state index in [1.54, 1.807) is 18.2 Å². The first-order valence-electron chi connectivity index (χ1n) is 9.14. The molecule has 4 nitrogen and oxygen atoms in total. The number of hydrogen-bond donors (Lipinski definition) is 1. The van der Waals surface area contributed by atoms with Gasteiger partial charge in [0.1, 0.15) is 0 Å². The molecule has 3 atom stereocenters. The van der Waals surface area contributed by atoms with Crippen LogP contribution in [0.4, 0.5) is 8.78 Å². The van der Waals surface area contributed by atoms with Gasteiger partial charge in [-0.25, -0.2) is 0 Å². The lowest BCUT2D eigenvalue weighted by Gasteiger charge is -2.22. The van der Waals surface area contributed by atoms with Gasteiger partial charge in [0.25, 0.3) is 11.7 Å². The lowest BCUT2D eigenvalue weighted by atomic mass is 9.85. The molecule has 0 saturated carbocycles. The summed E-state index contributed by atoms with van der Waals surface area (Å²) >= 11 is 0.402. The minimum Gasteiger partial charge on any atom is -0.469 e. The summed E-state index contributed by atoms with van der Waals surface area (Å²) in [5.41, 5.74) is 1.18. The van der Waals surface area contributed by atoms with Crippen molar-refractivity contribution in [2.24, 2.45) is 5.92 Å². The molecule has 1 amide bonds. The minimum absolute atomic E-state index is 0.115. The highest BCUT2D eigenvalue weighted by molar-refractivity contribution is 7.99. The third-order valence-electron chi connectivity index (χ3n) is 4.80. The van der Waals surface area contributed by atoms with Crippen LogP contribution in [0.1, 0.15) is 28.3 Å². The Kier molecular flexibility index (Phi) is 7.04. The highest BCUT2D eigenvalue weighted by Crippen LogP contribution is 2.34. The van der Waals surface area contributed by atoms with Gasteiger partial charge in [0.15, 0.2) is 0 Å². The molecule has 0 spiro atoms. The maximum atomic E-state index is 12.5. The van der Waals surface area contributed by atoms with E-state index in [2.05, 4.69) is 5.32 Å². The Hall–Kier alpha value is -2.67. The number of hydrogen-bond acceptors (Lipinski definition) is 4. The molecule has 152 valence electrons. The van der Waals surface area contributed by atoms with Crippen molar-refractivity contribution in [2.75, 3.05) is 7.11 Å². The van der Waals surface area contributed by atoms with Gasteiger partial charge in [-0.2, -0.15) is 8.78 Å². The zero-order valence-electron chi connectivity index (χ0n) is 15.8. The zero-order chi connectivity index (χ0) is 20.8. The van der Waals surface area contributed by atoms with Gasteiger partial charge in [0.05, 0.1) is 13.0 Å². The van der Waals surface area contributed by atoms with Gasteiger partial charge in [0.2, 0.25) is 0 Å². The van der Waals surface area contributed by atoms with Gasteiger partial charge >= 0.3 is 5.97 Å². The number of alkyl halides is 2. The largest absolute Gasteiger partial charge is 0.469 e. The van der Waals surface area contributed by atoms with Crippen LogP contribution in [0.25, 0.3) is 0 Å². The van der Waals surface area contributed by atoms with Crippen LogP contribution in [0.2, 0.25) is 0 Å². The van der Waals surface area contributed by atoms with Gasteiger partial charge < -0.3 is 10.1 Å². The van der Waals surface area contributed by atoms with Crippen LogP contribution in [0.15, 0.2) is 71.6 Å². The SMILES string of the molecule is COC(=O)C(c1ccccc1)C1C=CC(NC(=O)c2cccc(SC(F)F)c2)C1. The van der Waals surface area contributed by atoms with Crippen molar-refractivity contribution in [1.82, 2.24) is 5.32 Å². The molecule has 0 aliphatic heterocycles. The van der Waals surface area contributed by atoms with Crippen LogP contribution in [0.5, 0.6) is 0 Å². The molecule has 0 aromatic heterocycles. The summed E-state index contributed by atoms with van der Waals surface area (Å²) in [5, 5.41) is 2.89. The molecule has 1 aliphatic rings. The van der Waals surface area contributed by atoms with Crippen molar-refractivity contribution in [3.05, 3.63) is 77.9 Å². The van der Waals surface area contributed by atoms with Crippen molar-refractivity contribution in [1.29, 1.82) is 0 Å². The van der Waals surface area contributed by atoms with Gasteiger partial charge in [-0.15, -0.1) is 0 Å². The Morgan fingerprint density at radius 3 is 2.55 bits per heavy atom. The summed E-state index contributed by atoms with van der Waals surface area (Å²) in [6.07, 6.45) is 4.33. The van der Waals surface area contributed by atoms with E-state index in [1.807, 2.05) is 42.5 Å². The molecule has 0 bridgehead atoms. The monoisotopic (exact) mass is 417 g/mol. The molecule has 1 aliphatic carbocycles. The summed E-state index contributed by atoms with van der Waals surface area (Å²) in [6.45, 7) is 0. The Morgan fingerprint density at radius 1 is 1.10 bits per heavy atom. The third kappa shape index (κ3) is 5.44. The first-order chi connectivity index (χ1) is 14.0. The molecule has 3 unspecified atom stereocenters. The fourth-order valence-electron chi connectivity index (χ4n) is 3.49. The van der Waals surface area contributed by atoms with Gasteiger partial charge in [-0.05, 0) is 36.1 Å². The summed E-state index contributed by atoms with van der Waals surface area (Å²) in [4.78, 5) is 25.2. The average Bonchev–Trinajstić information content (AvgIpc) is 3.16. The van der Waals surface area contributed by atoms with E-state index >= 15 is 0 Å². The van der Waals surface area contributed by atoms with E-state index in [4.69, 9.17) is 4.74 Å². The van der Waals surface area contributed by atoms with Crippen molar-refractivity contribution in [2.45, 2.75) is 29.0 Å². The normalized spacial score (nSPS) is 19.2. The topological polar surface area (TPSA) is 55.4 Å². The second kappa shape index (κ2) is 9.69. The fourth-order valence-corrected chi connectivity index (χ4v) is 4.05. The number of methoxy groups -OCH3 is 1. The van der Waals surface area contributed by atoms with Crippen LogP contribution in [-0.2, 0) is 9.53 Å². The summed E-state index contributed by atoms with van der Waals surface area (Å²) in [5.74, 6) is -3.78. The number of esters is 1. The number of allylic oxidation sites excluding steroid dienone is 1. The van der Waals surface area contributed by atoms with Crippen LogP contribution in [-0.4, -0.2) is 30.8 Å². The van der Waals surface area contributed by atoms with Crippen LogP contribution >= 0.6 is 11.8 Å². The number of carbonyl (C=O) groups is 2. The molecule has 0 fully saturated rings. The molecule has 0 heterocycles. The van der Waals surface area contributed by atoms with Crippen LogP contribution in [0.3, 0.4) is 0 Å². The van der Waals surface area contributed by atoms with Crippen molar-refractivity contribution in [3.8, 4) is 0 Å². The van der Waals surface area contributed by atoms with Crippen LogP contribution < -0.4 is 5.32 Å². The second-order valence-corrected chi connectivity index (χ2v) is 7.75. The number of halogens is 2. The highest BCUT2D eigenvalue weighted by atomic mass is 32.2. The van der Waals surface area contributed by atoms with Crippen molar-refractivity contribution in [3.63, 3.8) is 0 Å². The predicted octanol–water partition coefficient (Wildman–Crippen LogP) is 4.63. The maximum Gasteiger partial charge on any atom is 0.313 e. The molecule has 7 heteroatoms. The summed E-state index contributed by atoms with van der Waals surface area (Å²) in [7, 11) is 1.36. The first kappa shape index (κ1) is 21.0. The molecule has 1 N–H and O–H groups in total.